The van der Waals surface area contributed by atoms with Gasteiger partial charge in [-0.1, -0.05) is 26.7 Å². The Bertz CT molecular complexity index is 517. The standard InChI is InChI=1S/C16H22F2N2O/c1-4-11(5-2)9-20-15(19-10(3)16(20)21)13-7-6-12(17)8-14(13)18/h6-8,10-11,15,19H,4-5,9H2,1-3H3. The molecule has 1 N–H and O–H groups in total. The SMILES string of the molecule is CCC(CC)CN1C(=O)C(C)NC1c1ccc(F)cc1F. The summed E-state index contributed by atoms with van der Waals surface area (Å²) in [6.45, 7) is 6.52. The number of benzene rings is 1. The van der Waals surface area contributed by atoms with Crippen molar-refractivity contribution in [2.45, 2.75) is 45.8 Å². The molecule has 1 saturated heterocycles. The van der Waals surface area contributed by atoms with E-state index in [1.165, 1.54) is 12.1 Å². The summed E-state index contributed by atoms with van der Waals surface area (Å²) in [6, 6.07) is 3.14. The molecule has 2 unspecified atom stereocenters. The van der Waals surface area contributed by atoms with Crippen molar-refractivity contribution in [1.82, 2.24) is 10.2 Å². The van der Waals surface area contributed by atoms with Crippen molar-refractivity contribution in [2.75, 3.05) is 6.54 Å². The van der Waals surface area contributed by atoms with Gasteiger partial charge < -0.3 is 4.90 Å². The highest BCUT2D eigenvalue weighted by Gasteiger charge is 2.38. The summed E-state index contributed by atoms with van der Waals surface area (Å²) in [5, 5.41) is 3.10. The average Bonchev–Trinajstić information content (AvgIpc) is 2.72. The van der Waals surface area contributed by atoms with E-state index in [1.54, 1.807) is 11.8 Å². The van der Waals surface area contributed by atoms with Crippen LogP contribution < -0.4 is 5.32 Å². The first-order valence-corrected chi connectivity index (χ1v) is 7.49. The minimum Gasteiger partial charge on any atom is -0.321 e. The number of hydrogen-bond donors (Lipinski definition) is 1. The summed E-state index contributed by atoms with van der Waals surface area (Å²) in [7, 11) is 0. The van der Waals surface area contributed by atoms with E-state index in [-0.39, 0.29) is 11.9 Å². The number of carbonyl (C=O) groups is 1. The Morgan fingerprint density at radius 1 is 1.29 bits per heavy atom. The molecule has 2 atom stereocenters. The Balaban J connectivity index is 2.29. The third-order valence-electron chi connectivity index (χ3n) is 4.24. The second kappa shape index (κ2) is 6.52. The largest absolute Gasteiger partial charge is 0.321 e. The van der Waals surface area contributed by atoms with E-state index in [1.807, 2.05) is 0 Å². The van der Waals surface area contributed by atoms with Gasteiger partial charge in [-0.25, -0.2) is 8.78 Å². The summed E-state index contributed by atoms with van der Waals surface area (Å²) in [5.74, 6) is -0.883. The molecule has 1 heterocycles. The van der Waals surface area contributed by atoms with Gasteiger partial charge in [-0.15, -0.1) is 0 Å². The Labute approximate surface area is 124 Å². The van der Waals surface area contributed by atoms with Crippen molar-refractivity contribution in [3.63, 3.8) is 0 Å². The number of amides is 1. The van der Waals surface area contributed by atoms with Gasteiger partial charge in [-0.05, 0) is 25.0 Å². The maximum atomic E-state index is 14.0. The number of halogens is 2. The highest BCUT2D eigenvalue weighted by molar-refractivity contribution is 5.84. The van der Waals surface area contributed by atoms with Gasteiger partial charge >= 0.3 is 0 Å². The molecule has 0 aliphatic carbocycles. The van der Waals surface area contributed by atoms with Crippen LogP contribution in [0.2, 0.25) is 0 Å². The molecule has 0 radical (unpaired) electrons. The predicted octanol–water partition coefficient (Wildman–Crippen LogP) is 3.22. The van der Waals surface area contributed by atoms with E-state index >= 15 is 0 Å². The third-order valence-corrected chi connectivity index (χ3v) is 4.24. The van der Waals surface area contributed by atoms with Gasteiger partial charge in [0.25, 0.3) is 0 Å². The van der Waals surface area contributed by atoms with Crippen LogP contribution in [0.3, 0.4) is 0 Å². The molecule has 1 amide bonds. The third kappa shape index (κ3) is 3.23. The fourth-order valence-corrected chi connectivity index (χ4v) is 2.78. The lowest BCUT2D eigenvalue weighted by Gasteiger charge is -2.28. The van der Waals surface area contributed by atoms with Gasteiger partial charge in [0.2, 0.25) is 5.91 Å². The minimum absolute atomic E-state index is 0.0318. The van der Waals surface area contributed by atoms with Crippen molar-refractivity contribution in [2.24, 2.45) is 5.92 Å². The van der Waals surface area contributed by atoms with Crippen molar-refractivity contribution in [3.8, 4) is 0 Å². The number of nitrogens with one attached hydrogen (secondary N) is 1. The summed E-state index contributed by atoms with van der Waals surface area (Å²) < 4.78 is 27.1. The Morgan fingerprint density at radius 3 is 2.52 bits per heavy atom. The van der Waals surface area contributed by atoms with Crippen LogP contribution in [0.5, 0.6) is 0 Å². The number of hydrogen-bond acceptors (Lipinski definition) is 2. The van der Waals surface area contributed by atoms with Crippen LogP contribution in [0.25, 0.3) is 0 Å². The van der Waals surface area contributed by atoms with Gasteiger partial charge in [0.1, 0.15) is 17.8 Å². The molecule has 3 nitrogen and oxygen atoms in total. The van der Waals surface area contributed by atoms with Gasteiger partial charge in [0, 0.05) is 18.2 Å². The summed E-state index contributed by atoms with van der Waals surface area (Å²) >= 11 is 0. The average molecular weight is 296 g/mol. The van der Waals surface area contributed by atoms with Crippen LogP contribution in [0.1, 0.15) is 45.3 Å². The molecule has 21 heavy (non-hydrogen) atoms. The van der Waals surface area contributed by atoms with Crippen molar-refractivity contribution in [1.29, 1.82) is 0 Å². The van der Waals surface area contributed by atoms with Crippen LogP contribution >= 0.6 is 0 Å². The van der Waals surface area contributed by atoms with Crippen LogP contribution in [-0.2, 0) is 4.79 Å². The van der Waals surface area contributed by atoms with E-state index in [0.717, 1.165) is 18.9 Å². The molecular weight excluding hydrogens is 274 g/mol. The summed E-state index contributed by atoms with van der Waals surface area (Å²) in [4.78, 5) is 14.0. The molecule has 1 fully saturated rings. The molecule has 0 aromatic heterocycles. The first-order chi connectivity index (χ1) is 9.97. The molecule has 1 aliphatic rings. The smallest absolute Gasteiger partial charge is 0.241 e. The first-order valence-electron chi connectivity index (χ1n) is 7.49. The van der Waals surface area contributed by atoms with Crippen LogP contribution in [-0.4, -0.2) is 23.4 Å². The van der Waals surface area contributed by atoms with E-state index in [2.05, 4.69) is 19.2 Å². The van der Waals surface area contributed by atoms with Gasteiger partial charge in [0.15, 0.2) is 0 Å². The highest BCUT2D eigenvalue weighted by Crippen LogP contribution is 2.29. The van der Waals surface area contributed by atoms with Crippen molar-refractivity contribution < 1.29 is 13.6 Å². The second-order valence-electron chi connectivity index (χ2n) is 5.63. The maximum Gasteiger partial charge on any atom is 0.241 e. The molecule has 5 heteroatoms. The van der Waals surface area contributed by atoms with Gasteiger partial charge in [-0.2, -0.15) is 0 Å². The maximum absolute atomic E-state index is 14.0. The second-order valence-corrected chi connectivity index (χ2v) is 5.63. The minimum atomic E-state index is -0.621. The van der Waals surface area contributed by atoms with E-state index in [4.69, 9.17) is 0 Å². The highest BCUT2D eigenvalue weighted by atomic mass is 19.1. The van der Waals surface area contributed by atoms with Crippen LogP contribution in [0, 0.1) is 17.6 Å². The normalized spacial score (nSPS) is 22.4. The first kappa shape index (κ1) is 15.9. The summed E-state index contributed by atoms with van der Waals surface area (Å²) in [5.41, 5.74) is 0.319. The molecule has 0 bridgehead atoms. The van der Waals surface area contributed by atoms with Crippen molar-refractivity contribution >= 4 is 5.91 Å². The molecule has 1 aromatic rings. The van der Waals surface area contributed by atoms with Gasteiger partial charge in [-0.3, -0.25) is 10.1 Å². The van der Waals surface area contributed by atoms with E-state index in [0.29, 0.717) is 18.0 Å². The monoisotopic (exact) mass is 296 g/mol. The van der Waals surface area contributed by atoms with Crippen LogP contribution in [0.15, 0.2) is 18.2 Å². The lowest BCUT2D eigenvalue weighted by Crippen LogP contribution is -2.35. The lowest BCUT2D eigenvalue weighted by atomic mass is 10.0. The Hall–Kier alpha value is -1.49. The van der Waals surface area contributed by atoms with E-state index < -0.39 is 17.8 Å². The number of rotatable bonds is 5. The molecular formula is C16H22F2N2O. The zero-order valence-electron chi connectivity index (χ0n) is 12.7. The molecule has 116 valence electrons. The topological polar surface area (TPSA) is 32.3 Å². The molecule has 1 aromatic carbocycles. The predicted molar refractivity (Wildman–Crippen MR) is 77.5 cm³/mol. The fraction of sp³-hybridized carbons (Fsp3) is 0.562. The zero-order chi connectivity index (χ0) is 15.6. The van der Waals surface area contributed by atoms with Crippen molar-refractivity contribution in [3.05, 3.63) is 35.4 Å². The molecule has 0 spiro atoms. The summed E-state index contributed by atoms with van der Waals surface area (Å²) in [6.07, 6.45) is 1.41. The quantitative estimate of drug-likeness (QED) is 0.905. The molecule has 0 saturated carbocycles. The Morgan fingerprint density at radius 2 is 1.95 bits per heavy atom. The lowest BCUT2D eigenvalue weighted by molar-refractivity contribution is -0.130. The molecule has 2 rings (SSSR count). The van der Waals surface area contributed by atoms with E-state index in [9.17, 15) is 13.6 Å². The number of carbonyl (C=O) groups excluding carboxylic acids is 1. The van der Waals surface area contributed by atoms with Gasteiger partial charge in [0.05, 0.1) is 6.04 Å². The number of nitrogens with zero attached hydrogens (tertiary/aromatic N) is 1. The molecule has 1 aliphatic heterocycles. The fourth-order valence-electron chi connectivity index (χ4n) is 2.78. The Kier molecular flexibility index (Phi) is 4.93. The van der Waals surface area contributed by atoms with Crippen LogP contribution in [0.4, 0.5) is 8.78 Å². The zero-order valence-corrected chi connectivity index (χ0v) is 12.7.